The first-order valence-corrected chi connectivity index (χ1v) is 7.95. The number of hydrogen-bond acceptors (Lipinski definition) is 3. The smallest absolute Gasteiger partial charge is 0.253 e. The number of para-hydroxylation sites is 1. The summed E-state index contributed by atoms with van der Waals surface area (Å²) >= 11 is 1.53. The molecule has 0 unspecified atom stereocenters. The van der Waals surface area contributed by atoms with Crippen molar-refractivity contribution in [1.29, 1.82) is 0 Å². The van der Waals surface area contributed by atoms with Gasteiger partial charge in [-0.2, -0.15) is 4.99 Å². The zero-order valence-electron chi connectivity index (χ0n) is 13.3. The average Bonchev–Trinajstić information content (AvgIpc) is 2.76. The number of thiazole rings is 1. The highest BCUT2D eigenvalue weighted by molar-refractivity contribution is 7.16. The Balaban J connectivity index is 2.72. The van der Waals surface area contributed by atoms with E-state index in [-0.39, 0.29) is 5.91 Å². The molecular formula is C16H22N2O2S. The van der Waals surface area contributed by atoms with Crippen LogP contribution in [0.4, 0.5) is 0 Å². The van der Waals surface area contributed by atoms with Crippen LogP contribution in [0.1, 0.15) is 34.1 Å². The van der Waals surface area contributed by atoms with Crippen LogP contribution in [0.2, 0.25) is 0 Å². The molecule has 0 aliphatic heterocycles. The van der Waals surface area contributed by atoms with Crippen LogP contribution in [0.3, 0.4) is 0 Å². The van der Waals surface area contributed by atoms with Gasteiger partial charge in [0.05, 0.1) is 11.8 Å². The molecule has 0 saturated heterocycles. The number of carbonyl (C=O) groups excluding carboxylic acids is 1. The summed E-state index contributed by atoms with van der Waals surface area (Å²) in [5.74, 6) is 0.722. The van der Waals surface area contributed by atoms with E-state index in [0.29, 0.717) is 0 Å². The van der Waals surface area contributed by atoms with Crippen molar-refractivity contribution in [2.75, 3.05) is 7.11 Å². The lowest BCUT2D eigenvalue weighted by Crippen LogP contribution is -2.23. The van der Waals surface area contributed by atoms with Gasteiger partial charge in [-0.3, -0.25) is 4.79 Å². The Hall–Kier alpha value is -1.62. The van der Waals surface area contributed by atoms with Crippen LogP contribution in [0.15, 0.2) is 23.2 Å². The molecule has 0 saturated carbocycles. The van der Waals surface area contributed by atoms with Crippen LogP contribution in [-0.2, 0) is 11.3 Å². The second-order valence-corrected chi connectivity index (χ2v) is 7.02. The van der Waals surface area contributed by atoms with Crippen LogP contribution in [-0.4, -0.2) is 17.6 Å². The topological polar surface area (TPSA) is 43.6 Å². The van der Waals surface area contributed by atoms with Gasteiger partial charge in [0.25, 0.3) is 5.91 Å². The molecular weight excluding hydrogens is 284 g/mol. The molecule has 0 fully saturated rings. The normalized spacial score (nSPS) is 12.9. The Bertz CT molecular complexity index is 720. The zero-order valence-corrected chi connectivity index (χ0v) is 14.1. The number of fused-ring (bicyclic) bond motifs is 1. The summed E-state index contributed by atoms with van der Waals surface area (Å²) in [6, 6.07) is 5.94. The van der Waals surface area contributed by atoms with Crippen molar-refractivity contribution in [1.82, 2.24) is 4.57 Å². The third-order valence-corrected chi connectivity index (χ3v) is 4.21. The first-order valence-electron chi connectivity index (χ1n) is 7.14. The maximum absolute atomic E-state index is 12.2. The Morgan fingerprint density at radius 2 is 2.10 bits per heavy atom. The van der Waals surface area contributed by atoms with E-state index < -0.39 is 5.41 Å². The third-order valence-electron chi connectivity index (χ3n) is 3.17. The second kappa shape index (κ2) is 6.02. The Kier molecular flexibility index (Phi) is 4.52. The van der Waals surface area contributed by atoms with Gasteiger partial charge in [0.15, 0.2) is 4.80 Å². The summed E-state index contributed by atoms with van der Waals surface area (Å²) in [6.45, 7) is 8.59. The van der Waals surface area contributed by atoms with Crippen LogP contribution in [0.5, 0.6) is 5.75 Å². The minimum Gasteiger partial charge on any atom is -0.495 e. The largest absolute Gasteiger partial charge is 0.495 e. The highest BCUT2D eigenvalue weighted by Crippen LogP contribution is 2.27. The van der Waals surface area contributed by atoms with E-state index in [1.807, 2.05) is 39.0 Å². The van der Waals surface area contributed by atoms with Crippen LogP contribution in [0, 0.1) is 5.41 Å². The van der Waals surface area contributed by atoms with Crippen LogP contribution >= 0.6 is 11.3 Å². The quantitative estimate of drug-likeness (QED) is 0.869. The molecule has 1 heterocycles. The Labute approximate surface area is 129 Å². The number of carbonyl (C=O) groups is 1. The molecule has 0 aliphatic carbocycles. The molecule has 1 aromatic heterocycles. The van der Waals surface area contributed by atoms with E-state index in [2.05, 4.69) is 16.5 Å². The Morgan fingerprint density at radius 1 is 1.38 bits per heavy atom. The predicted octanol–water partition coefficient (Wildman–Crippen LogP) is 3.59. The van der Waals surface area contributed by atoms with Gasteiger partial charge < -0.3 is 9.30 Å². The summed E-state index contributed by atoms with van der Waals surface area (Å²) in [4.78, 5) is 17.3. The summed E-state index contributed by atoms with van der Waals surface area (Å²) in [5, 5.41) is 0. The lowest BCUT2D eigenvalue weighted by Gasteiger charge is -2.12. The van der Waals surface area contributed by atoms with Crippen molar-refractivity contribution in [3.05, 3.63) is 23.0 Å². The van der Waals surface area contributed by atoms with E-state index in [0.717, 1.165) is 33.7 Å². The number of benzene rings is 1. The minimum atomic E-state index is -0.468. The zero-order chi connectivity index (χ0) is 15.6. The summed E-state index contributed by atoms with van der Waals surface area (Å²) in [6.07, 6.45) is 0.973. The maximum Gasteiger partial charge on any atom is 0.253 e. The van der Waals surface area contributed by atoms with Gasteiger partial charge in [-0.1, -0.05) is 45.1 Å². The van der Waals surface area contributed by atoms with Crippen molar-refractivity contribution < 1.29 is 9.53 Å². The highest BCUT2D eigenvalue weighted by Gasteiger charge is 2.21. The molecule has 1 aromatic carbocycles. The SMILES string of the molecule is CCCn1c(=NC(=O)C(C)(C)C)sc2cccc(OC)c21. The van der Waals surface area contributed by atoms with Gasteiger partial charge in [0.2, 0.25) is 0 Å². The maximum atomic E-state index is 12.2. The van der Waals surface area contributed by atoms with E-state index in [1.165, 1.54) is 11.3 Å². The summed E-state index contributed by atoms with van der Waals surface area (Å²) in [7, 11) is 1.67. The number of ether oxygens (including phenoxy) is 1. The van der Waals surface area contributed by atoms with Gasteiger partial charge in [-0.25, -0.2) is 0 Å². The van der Waals surface area contributed by atoms with E-state index in [9.17, 15) is 4.79 Å². The third kappa shape index (κ3) is 3.18. The lowest BCUT2D eigenvalue weighted by atomic mass is 9.96. The number of hydrogen-bond donors (Lipinski definition) is 0. The number of nitrogens with zero attached hydrogens (tertiary/aromatic N) is 2. The number of methoxy groups -OCH3 is 1. The van der Waals surface area contributed by atoms with Crippen LogP contribution < -0.4 is 9.54 Å². The monoisotopic (exact) mass is 306 g/mol. The average molecular weight is 306 g/mol. The Morgan fingerprint density at radius 3 is 2.67 bits per heavy atom. The van der Waals surface area contributed by atoms with E-state index >= 15 is 0 Å². The molecule has 2 rings (SSSR count). The fourth-order valence-corrected chi connectivity index (χ4v) is 3.11. The standard InChI is InChI=1S/C16H22N2O2S/c1-6-10-18-13-11(20-5)8-7-9-12(13)21-15(18)17-14(19)16(2,3)4/h7-9H,6,10H2,1-5H3. The van der Waals surface area contributed by atoms with Gasteiger partial charge in [-0.15, -0.1) is 0 Å². The van der Waals surface area contributed by atoms with Crippen molar-refractivity contribution in [3.63, 3.8) is 0 Å². The van der Waals surface area contributed by atoms with E-state index in [4.69, 9.17) is 4.74 Å². The summed E-state index contributed by atoms with van der Waals surface area (Å²) in [5.41, 5.74) is 0.553. The second-order valence-electron chi connectivity index (χ2n) is 6.01. The van der Waals surface area contributed by atoms with Gasteiger partial charge >= 0.3 is 0 Å². The molecule has 0 atom stereocenters. The van der Waals surface area contributed by atoms with E-state index in [1.54, 1.807) is 7.11 Å². The molecule has 4 nitrogen and oxygen atoms in total. The molecule has 114 valence electrons. The molecule has 21 heavy (non-hydrogen) atoms. The molecule has 1 amide bonds. The highest BCUT2D eigenvalue weighted by atomic mass is 32.1. The molecule has 0 aliphatic rings. The molecule has 0 bridgehead atoms. The number of rotatable bonds is 3. The lowest BCUT2D eigenvalue weighted by molar-refractivity contribution is -0.125. The number of aromatic nitrogens is 1. The minimum absolute atomic E-state index is 0.0992. The molecule has 0 spiro atoms. The first kappa shape index (κ1) is 15.8. The molecule has 0 radical (unpaired) electrons. The van der Waals surface area contributed by atoms with Crippen molar-refractivity contribution in [3.8, 4) is 5.75 Å². The van der Waals surface area contributed by atoms with Gasteiger partial charge in [0, 0.05) is 12.0 Å². The summed E-state index contributed by atoms with van der Waals surface area (Å²) < 4.78 is 8.63. The van der Waals surface area contributed by atoms with Crippen LogP contribution in [0.25, 0.3) is 10.2 Å². The van der Waals surface area contributed by atoms with Gasteiger partial charge in [0.1, 0.15) is 11.3 Å². The fraction of sp³-hybridized carbons (Fsp3) is 0.500. The molecule has 2 aromatic rings. The molecule has 0 N–H and O–H groups in total. The van der Waals surface area contributed by atoms with Crippen molar-refractivity contribution in [2.24, 2.45) is 10.4 Å². The number of amides is 1. The fourth-order valence-electron chi connectivity index (χ4n) is 2.03. The number of aryl methyl sites for hydroxylation is 1. The van der Waals surface area contributed by atoms with Crippen molar-refractivity contribution in [2.45, 2.75) is 40.7 Å². The molecule has 5 heteroatoms. The van der Waals surface area contributed by atoms with Gasteiger partial charge in [-0.05, 0) is 18.6 Å². The first-order chi connectivity index (χ1) is 9.88. The van der Waals surface area contributed by atoms with Crippen molar-refractivity contribution >= 4 is 27.5 Å². The predicted molar refractivity (Wildman–Crippen MR) is 86.7 cm³/mol.